The summed E-state index contributed by atoms with van der Waals surface area (Å²) in [6, 6.07) is 12.4. The SMILES string of the molecule is C=C1Cc2cc3c(cc2N1)oc1ccccc13. The quantitative estimate of drug-likeness (QED) is 0.619. The minimum atomic E-state index is 0.908. The highest BCUT2D eigenvalue weighted by molar-refractivity contribution is 6.06. The Bertz CT molecular complexity index is 767. The molecule has 1 aromatic heterocycles. The van der Waals surface area contributed by atoms with Crippen molar-refractivity contribution in [1.82, 2.24) is 0 Å². The number of para-hydroxylation sites is 1. The van der Waals surface area contributed by atoms with Gasteiger partial charge in [-0.1, -0.05) is 24.8 Å². The maximum absolute atomic E-state index is 5.84. The second-order valence-electron chi connectivity index (χ2n) is 4.51. The number of rotatable bonds is 0. The van der Waals surface area contributed by atoms with E-state index in [0.29, 0.717) is 0 Å². The number of furan rings is 1. The fraction of sp³-hybridized carbons (Fsp3) is 0.0667. The summed E-state index contributed by atoms with van der Waals surface area (Å²) in [7, 11) is 0. The van der Waals surface area contributed by atoms with Crippen LogP contribution in [0.15, 0.2) is 53.1 Å². The van der Waals surface area contributed by atoms with Gasteiger partial charge in [0.25, 0.3) is 0 Å². The van der Waals surface area contributed by atoms with Crippen molar-refractivity contribution < 1.29 is 4.42 Å². The predicted octanol–water partition coefficient (Wildman–Crippen LogP) is 4.07. The number of allylic oxidation sites excluding steroid dienone is 1. The zero-order valence-electron chi connectivity index (χ0n) is 9.29. The molecule has 2 heteroatoms. The van der Waals surface area contributed by atoms with Gasteiger partial charge in [-0.2, -0.15) is 0 Å². The number of benzene rings is 2. The second-order valence-corrected chi connectivity index (χ2v) is 4.51. The van der Waals surface area contributed by atoms with Crippen LogP contribution in [0.5, 0.6) is 0 Å². The number of hydrogen-bond donors (Lipinski definition) is 1. The highest BCUT2D eigenvalue weighted by Gasteiger charge is 2.16. The van der Waals surface area contributed by atoms with Gasteiger partial charge in [0.15, 0.2) is 0 Å². The minimum absolute atomic E-state index is 0.908. The van der Waals surface area contributed by atoms with E-state index in [9.17, 15) is 0 Å². The normalized spacial score (nSPS) is 14.2. The van der Waals surface area contributed by atoms with Gasteiger partial charge in [0, 0.05) is 34.6 Å². The number of fused-ring (bicyclic) bond motifs is 4. The van der Waals surface area contributed by atoms with Crippen molar-refractivity contribution in [3.8, 4) is 0 Å². The first-order valence-electron chi connectivity index (χ1n) is 5.70. The molecular formula is C15H11NO. The Morgan fingerprint density at radius 1 is 1.06 bits per heavy atom. The Hall–Kier alpha value is -2.22. The van der Waals surface area contributed by atoms with Gasteiger partial charge in [0.05, 0.1) is 0 Å². The van der Waals surface area contributed by atoms with Crippen LogP contribution in [0, 0.1) is 0 Å². The Morgan fingerprint density at radius 3 is 2.88 bits per heavy atom. The molecule has 0 bridgehead atoms. The van der Waals surface area contributed by atoms with Crippen LogP contribution in [-0.4, -0.2) is 0 Å². The average molecular weight is 221 g/mol. The van der Waals surface area contributed by atoms with E-state index in [1.54, 1.807) is 0 Å². The highest BCUT2D eigenvalue weighted by atomic mass is 16.3. The molecule has 0 amide bonds. The van der Waals surface area contributed by atoms with Gasteiger partial charge >= 0.3 is 0 Å². The van der Waals surface area contributed by atoms with Crippen LogP contribution in [0.25, 0.3) is 21.9 Å². The van der Waals surface area contributed by atoms with E-state index in [1.165, 1.54) is 16.3 Å². The number of anilines is 1. The zero-order valence-corrected chi connectivity index (χ0v) is 9.29. The first-order chi connectivity index (χ1) is 8.31. The average Bonchev–Trinajstić information content (AvgIpc) is 2.84. The van der Waals surface area contributed by atoms with E-state index in [2.05, 4.69) is 30.1 Å². The molecule has 4 rings (SSSR count). The van der Waals surface area contributed by atoms with Crippen molar-refractivity contribution in [2.24, 2.45) is 0 Å². The summed E-state index contributed by atoms with van der Waals surface area (Å²) < 4.78 is 5.84. The largest absolute Gasteiger partial charge is 0.456 e. The van der Waals surface area contributed by atoms with Gasteiger partial charge in [-0.15, -0.1) is 0 Å². The van der Waals surface area contributed by atoms with E-state index < -0.39 is 0 Å². The molecule has 1 aliphatic heterocycles. The molecule has 0 aliphatic carbocycles. The smallest absolute Gasteiger partial charge is 0.137 e. The molecule has 0 saturated heterocycles. The molecule has 82 valence electrons. The van der Waals surface area contributed by atoms with E-state index in [-0.39, 0.29) is 0 Å². The van der Waals surface area contributed by atoms with Gasteiger partial charge in [-0.3, -0.25) is 0 Å². The molecule has 3 aromatic rings. The summed E-state index contributed by atoms with van der Waals surface area (Å²) in [6.07, 6.45) is 0.908. The lowest BCUT2D eigenvalue weighted by Gasteiger charge is -1.98. The summed E-state index contributed by atoms with van der Waals surface area (Å²) in [5, 5.41) is 5.65. The number of hydrogen-bond acceptors (Lipinski definition) is 2. The van der Waals surface area contributed by atoms with Crippen molar-refractivity contribution in [1.29, 1.82) is 0 Å². The zero-order chi connectivity index (χ0) is 11.4. The molecule has 2 aromatic carbocycles. The lowest BCUT2D eigenvalue weighted by atomic mass is 10.1. The molecule has 17 heavy (non-hydrogen) atoms. The molecule has 1 aliphatic rings. The van der Waals surface area contributed by atoms with Crippen LogP contribution in [-0.2, 0) is 6.42 Å². The lowest BCUT2D eigenvalue weighted by molar-refractivity contribution is 0.669. The van der Waals surface area contributed by atoms with Gasteiger partial charge in [-0.25, -0.2) is 0 Å². The first kappa shape index (κ1) is 8.88. The summed E-state index contributed by atoms with van der Waals surface area (Å²) >= 11 is 0. The Morgan fingerprint density at radius 2 is 1.94 bits per heavy atom. The molecular weight excluding hydrogens is 210 g/mol. The van der Waals surface area contributed by atoms with E-state index >= 15 is 0 Å². The van der Waals surface area contributed by atoms with Crippen LogP contribution >= 0.6 is 0 Å². The maximum atomic E-state index is 5.84. The van der Waals surface area contributed by atoms with Crippen LogP contribution in [0.4, 0.5) is 5.69 Å². The second kappa shape index (κ2) is 2.92. The van der Waals surface area contributed by atoms with Crippen molar-refractivity contribution in [2.75, 3.05) is 5.32 Å². The monoisotopic (exact) mass is 221 g/mol. The van der Waals surface area contributed by atoms with Gasteiger partial charge < -0.3 is 9.73 Å². The van der Waals surface area contributed by atoms with Crippen molar-refractivity contribution in [2.45, 2.75) is 6.42 Å². The topological polar surface area (TPSA) is 25.2 Å². The Kier molecular flexibility index (Phi) is 1.52. The van der Waals surface area contributed by atoms with Gasteiger partial charge in [0.1, 0.15) is 11.2 Å². The summed E-state index contributed by atoms with van der Waals surface area (Å²) in [5.74, 6) is 0. The molecule has 0 atom stereocenters. The Balaban J connectivity index is 2.13. The highest BCUT2D eigenvalue weighted by Crippen LogP contribution is 2.36. The molecule has 1 N–H and O–H groups in total. The molecule has 0 spiro atoms. The fourth-order valence-electron chi connectivity index (χ4n) is 2.54. The van der Waals surface area contributed by atoms with Crippen molar-refractivity contribution in [3.63, 3.8) is 0 Å². The molecule has 0 unspecified atom stereocenters. The molecule has 0 saturated carbocycles. The predicted molar refractivity (Wildman–Crippen MR) is 70.2 cm³/mol. The third-order valence-corrected chi connectivity index (χ3v) is 3.32. The van der Waals surface area contributed by atoms with Crippen molar-refractivity contribution >= 4 is 27.6 Å². The summed E-state index contributed by atoms with van der Waals surface area (Å²) in [4.78, 5) is 0. The molecule has 0 fully saturated rings. The van der Waals surface area contributed by atoms with Crippen LogP contribution < -0.4 is 5.32 Å². The van der Waals surface area contributed by atoms with Gasteiger partial charge in [-0.05, 0) is 17.7 Å². The van der Waals surface area contributed by atoms with Crippen LogP contribution in [0.2, 0.25) is 0 Å². The third-order valence-electron chi connectivity index (χ3n) is 3.32. The minimum Gasteiger partial charge on any atom is -0.456 e. The van der Waals surface area contributed by atoms with Crippen molar-refractivity contribution in [3.05, 3.63) is 54.2 Å². The third kappa shape index (κ3) is 1.15. The molecule has 0 radical (unpaired) electrons. The first-order valence-corrected chi connectivity index (χ1v) is 5.70. The summed E-state index contributed by atoms with van der Waals surface area (Å²) in [5.41, 5.74) is 5.37. The molecule has 2 heterocycles. The fourth-order valence-corrected chi connectivity index (χ4v) is 2.54. The van der Waals surface area contributed by atoms with Crippen LogP contribution in [0.1, 0.15) is 5.56 Å². The van der Waals surface area contributed by atoms with E-state index in [4.69, 9.17) is 4.42 Å². The lowest BCUT2D eigenvalue weighted by Crippen LogP contribution is -1.86. The molecule has 2 nitrogen and oxygen atoms in total. The standard InChI is InChI=1S/C15H11NO/c1-9-6-10-7-12-11-4-2-3-5-14(11)17-15(12)8-13(10)16-9/h2-5,7-8,16H,1,6H2. The summed E-state index contributed by atoms with van der Waals surface area (Å²) in [6.45, 7) is 3.96. The van der Waals surface area contributed by atoms with E-state index in [1.807, 2.05) is 18.2 Å². The van der Waals surface area contributed by atoms with Gasteiger partial charge in [0.2, 0.25) is 0 Å². The van der Waals surface area contributed by atoms with Crippen LogP contribution in [0.3, 0.4) is 0 Å². The maximum Gasteiger partial charge on any atom is 0.137 e. The van der Waals surface area contributed by atoms with E-state index in [0.717, 1.165) is 29.0 Å². The Labute approximate surface area is 98.5 Å². The number of nitrogens with one attached hydrogen (secondary N) is 1.